The Balaban J connectivity index is 1.48. The molecule has 3 aliphatic rings. The van der Waals surface area contributed by atoms with Crippen molar-refractivity contribution in [1.29, 1.82) is 0 Å². The number of amides is 2. The van der Waals surface area contributed by atoms with Gasteiger partial charge in [-0.2, -0.15) is 0 Å². The molecular formula is C22H32N4O2. The van der Waals surface area contributed by atoms with Gasteiger partial charge in [-0.1, -0.05) is 19.3 Å². The number of fused-ring (bicyclic) bond motifs is 1. The summed E-state index contributed by atoms with van der Waals surface area (Å²) in [6.07, 6.45) is 12.8. The summed E-state index contributed by atoms with van der Waals surface area (Å²) >= 11 is 0. The molecule has 0 spiro atoms. The van der Waals surface area contributed by atoms with Crippen molar-refractivity contribution in [1.82, 2.24) is 19.8 Å². The monoisotopic (exact) mass is 384 g/mol. The summed E-state index contributed by atoms with van der Waals surface area (Å²) in [5.74, 6) is 1.75. The second-order valence-electron chi connectivity index (χ2n) is 8.70. The lowest BCUT2D eigenvalue weighted by molar-refractivity contribution is -0.136. The van der Waals surface area contributed by atoms with Crippen LogP contribution in [-0.2, 0) is 22.6 Å². The number of nitrogens with zero attached hydrogens (tertiary/aromatic N) is 4. The van der Waals surface area contributed by atoms with Gasteiger partial charge in [0.05, 0.1) is 11.7 Å². The van der Waals surface area contributed by atoms with Gasteiger partial charge in [-0.3, -0.25) is 9.59 Å². The van der Waals surface area contributed by atoms with Crippen molar-refractivity contribution in [2.75, 3.05) is 13.1 Å². The van der Waals surface area contributed by atoms with E-state index in [1.54, 1.807) is 6.92 Å². The zero-order chi connectivity index (χ0) is 19.5. The maximum atomic E-state index is 13.1. The van der Waals surface area contributed by atoms with E-state index in [-0.39, 0.29) is 11.9 Å². The highest BCUT2D eigenvalue weighted by atomic mass is 16.2. The molecule has 0 aromatic carbocycles. The number of rotatable bonds is 3. The molecule has 0 radical (unpaired) electrons. The highest BCUT2D eigenvalue weighted by Crippen LogP contribution is 2.33. The van der Waals surface area contributed by atoms with Crippen LogP contribution in [0.25, 0.3) is 0 Å². The van der Waals surface area contributed by atoms with E-state index in [0.717, 1.165) is 49.3 Å². The SMILES string of the molecule is CC(=O)N1CCc2nc([C@H]3CCCCN3C(=O)CC3CCCCC3)ncc2C1. The molecule has 2 amide bonds. The third-order valence-electron chi connectivity index (χ3n) is 6.71. The van der Waals surface area contributed by atoms with Crippen LogP contribution in [0.2, 0.25) is 0 Å². The molecule has 1 aliphatic carbocycles. The van der Waals surface area contributed by atoms with E-state index in [9.17, 15) is 9.59 Å². The Bertz CT molecular complexity index is 729. The van der Waals surface area contributed by atoms with Gasteiger partial charge in [-0.05, 0) is 38.0 Å². The van der Waals surface area contributed by atoms with Crippen molar-refractivity contribution in [3.63, 3.8) is 0 Å². The third kappa shape index (κ3) is 4.20. The average molecular weight is 385 g/mol. The molecule has 0 N–H and O–H groups in total. The molecule has 2 fully saturated rings. The molecule has 1 aromatic heterocycles. The second-order valence-corrected chi connectivity index (χ2v) is 8.70. The zero-order valence-corrected chi connectivity index (χ0v) is 17.0. The van der Waals surface area contributed by atoms with Crippen LogP contribution in [0.1, 0.15) is 87.8 Å². The van der Waals surface area contributed by atoms with Gasteiger partial charge < -0.3 is 9.80 Å². The quantitative estimate of drug-likeness (QED) is 0.801. The predicted octanol–water partition coefficient (Wildman–Crippen LogP) is 3.41. The van der Waals surface area contributed by atoms with Crippen molar-refractivity contribution in [3.05, 3.63) is 23.3 Å². The molecule has 1 saturated heterocycles. The molecular weight excluding hydrogens is 352 g/mol. The molecule has 1 atom stereocenters. The van der Waals surface area contributed by atoms with E-state index in [1.165, 1.54) is 32.1 Å². The van der Waals surface area contributed by atoms with Crippen molar-refractivity contribution in [2.45, 2.75) is 83.7 Å². The van der Waals surface area contributed by atoms with Crippen LogP contribution >= 0.6 is 0 Å². The van der Waals surface area contributed by atoms with Gasteiger partial charge in [0.2, 0.25) is 11.8 Å². The van der Waals surface area contributed by atoms with E-state index < -0.39 is 0 Å². The van der Waals surface area contributed by atoms with Gasteiger partial charge in [0.15, 0.2) is 5.82 Å². The van der Waals surface area contributed by atoms with E-state index in [4.69, 9.17) is 4.98 Å². The van der Waals surface area contributed by atoms with Gasteiger partial charge in [-0.25, -0.2) is 9.97 Å². The summed E-state index contributed by atoms with van der Waals surface area (Å²) in [7, 11) is 0. The summed E-state index contributed by atoms with van der Waals surface area (Å²) in [4.78, 5) is 38.1. The molecule has 0 unspecified atom stereocenters. The Labute approximate surface area is 167 Å². The summed E-state index contributed by atoms with van der Waals surface area (Å²) in [6.45, 7) is 3.75. The lowest BCUT2D eigenvalue weighted by atomic mass is 9.86. The summed E-state index contributed by atoms with van der Waals surface area (Å²) in [6, 6.07) is 0.0148. The highest BCUT2D eigenvalue weighted by Gasteiger charge is 2.32. The van der Waals surface area contributed by atoms with Crippen LogP contribution in [0.15, 0.2) is 6.20 Å². The summed E-state index contributed by atoms with van der Waals surface area (Å²) in [5.41, 5.74) is 2.09. The van der Waals surface area contributed by atoms with Gasteiger partial charge in [-0.15, -0.1) is 0 Å². The maximum Gasteiger partial charge on any atom is 0.223 e. The lowest BCUT2D eigenvalue weighted by Crippen LogP contribution is -2.40. The first-order chi connectivity index (χ1) is 13.6. The molecule has 1 saturated carbocycles. The van der Waals surface area contributed by atoms with Crippen molar-refractivity contribution in [2.24, 2.45) is 5.92 Å². The fraction of sp³-hybridized carbons (Fsp3) is 0.727. The van der Waals surface area contributed by atoms with Crippen molar-refractivity contribution >= 4 is 11.8 Å². The smallest absolute Gasteiger partial charge is 0.223 e. The second kappa shape index (κ2) is 8.58. The van der Waals surface area contributed by atoms with Gasteiger partial charge >= 0.3 is 0 Å². The number of piperidine rings is 1. The minimum Gasteiger partial charge on any atom is -0.338 e. The first-order valence-corrected chi connectivity index (χ1v) is 11.0. The van der Waals surface area contributed by atoms with E-state index in [2.05, 4.69) is 9.88 Å². The predicted molar refractivity (Wildman–Crippen MR) is 106 cm³/mol. The van der Waals surface area contributed by atoms with Gasteiger partial charge in [0, 0.05) is 51.2 Å². The highest BCUT2D eigenvalue weighted by molar-refractivity contribution is 5.77. The van der Waals surface area contributed by atoms with E-state index in [1.807, 2.05) is 11.1 Å². The van der Waals surface area contributed by atoms with Crippen molar-refractivity contribution in [3.8, 4) is 0 Å². The number of carbonyl (C=O) groups excluding carboxylic acids is 2. The Kier molecular flexibility index (Phi) is 5.93. The summed E-state index contributed by atoms with van der Waals surface area (Å²) < 4.78 is 0. The average Bonchev–Trinajstić information content (AvgIpc) is 2.73. The van der Waals surface area contributed by atoms with Crippen LogP contribution < -0.4 is 0 Å². The third-order valence-corrected chi connectivity index (χ3v) is 6.71. The number of aromatic nitrogens is 2. The minimum atomic E-state index is 0.0148. The molecule has 6 heteroatoms. The maximum absolute atomic E-state index is 13.1. The van der Waals surface area contributed by atoms with E-state index >= 15 is 0 Å². The van der Waals surface area contributed by atoms with Crippen LogP contribution in [0.5, 0.6) is 0 Å². The fourth-order valence-electron chi connectivity index (χ4n) is 5.01. The minimum absolute atomic E-state index is 0.0148. The Morgan fingerprint density at radius 3 is 2.64 bits per heavy atom. The van der Waals surface area contributed by atoms with Crippen molar-refractivity contribution < 1.29 is 9.59 Å². The van der Waals surface area contributed by atoms with Crippen LogP contribution in [-0.4, -0.2) is 44.7 Å². The number of hydrogen-bond acceptors (Lipinski definition) is 4. The molecule has 28 heavy (non-hydrogen) atoms. The van der Waals surface area contributed by atoms with Gasteiger partial charge in [0.25, 0.3) is 0 Å². The zero-order valence-electron chi connectivity index (χ0n) is 17.0. The Hall–Kier alpha value is -1.98. The Morgan fingerprint density at radius 1 is 1.07 bits per heavy atom. The topological polar surface area (TPSA) is 66.4 Å². The molecule has 1 aromatic rings. The molecule has 2 aliphatic heterocycles. The number of carbonyl (C=O) groups is 2. The molecule has 4 rings (SSSR count). The van der Waals surface area contributed by atoms with Crippen LogP contribution in [0, 0.1) is 5.92 Å². The van der Waals surface area contributed by atoms with Crippen LogP contribution in [0.4, 0.5) is 0 Å². The Morgan fingerprint density at radius 2 is 1.86 bits per heavy atom. The molecule has 6 nitrogen and oxygen atoms in total. The molecule has 152 valence electrons. The lowest BCUT2D eigenvalue weighted by Gasteiger charge is -2.36. The normalized spacial score (nSPS) is 23.4. The summed E-state index contributed by atoms with van der Waals surface area (Å²) in [5, 5.41) is 0. The number of hydrogen-bond donors (Lipinski definition) is 0. The molecule has 3 heterocycles. The standard InChI is InChI=1S/C22H32N4O2/c1-16(27)25-12-10-19-18(15-25)14-23-22(24-19)20-9-5-6-11-26(20)21(28)13-17-7-3-2-4-8-17/h14,17,20H,2-13,15H2,1H3/t20-/m1/s1. The first kappa shape index (κ1) is 19.3. The van der Waals surface area contributed by atoms with E-state index in [0.29, 0.717) is 31.3 Å². The largest absolute Gasteiger partial charge is 0.338 e. The first-order valence-electron chi connectivity index (χ1n) is 11.0. The number of likely N-dealkylation sites (tertiary alicyclic amines) is 1. The van der Waals surface area contributed by atoms with Gasteiger partial charge in [0.1, 0.15) is 0 Å². The fourth-order valence-corrected chi connectivity index (χ4v) is 5.01. The van der Waals surface area contributed by atoms with Crippen LogP contribution in [0.3, 0.4) is 0 Å². The molecule has 0 bridgehead atoms.